The van der Waals surface area contributed by atoms with Crippen LogP contribution in [0.3, 0.4) is 0 Å². The van der Waals surface area contributed by atoms with Gasteiger partial charge in [0.2, 0.25) is 5.91 Å². The van der Waals surface area contributed by atoms with E-state index >= 15 is 0 Å². The van der Waals surface area contributed by atoms with Crippen molar-refractivity contribution in [1.29, 1.82) is 0 Å². The summed E-state index contributed by atoms with van der Waals surface area (Å²) in [5.41, 5.74) is 2.11. The maximum atomic E-state index is 12.0. The lowest BCUT2D eigenvalue weighted by Crippen LogP contribution is -2.41. The largest absolute Gasteiger partial charge is 0.352 e. The Labute approximate surface area is 134 Å². The zero-order chi connectivity index (χ0) is 15.2. The molecule has 5 nitrogen and oxygen atoms in total. The molecule has 1 aromatic carbocycles. The van der Waals surface area contributed by atoms with E-state index in [9.17, 15) is 4.79 Å². The molecule has 1 atom stereocenters. The van der Waals surface area contributed by atoms with Crippen LogP contribution in [0.25, 0.3) is 5.69 Å². The minimum Gasteiger partial charge on any atom is -0.352 e. The van der Waals surface area contributed by atoms with Crippen LogP contribution in [0, 0.1) is 0 Å². The highest BCUT2D eigenvalue weighted by Gasteiger charge is 2.16. The Kier molecular flexibility index (Phi) is 5.13. The molecule has 0 radical (unpaired) electrons. The lowest BCUT2D eigenvalue weighted by atomic mass is 10.2. The van der Waals surface area contributed by atoms with Gasteiger partial charge in [-0.1, -0.05) is 12.1 Å². The van der Waals surface area contributed by atoms with E-state index in [1.54, 1.807) is 6.20 Å². The van der Waals surface area contributed by atoms with E-state index in [0.29, 0.717) is 19.0 Å². The van der Waals surface area contributed by atoms with Crippen LogP contribution in [-0.4, -0.2) is 39.8 Å². The van der Waals surface area contributed by atoms with Crippen LogP contribution in [0.2, 0.25) is 0 Å². The molecule has 2 aromatic rings. The molecule has 0 spiro atoms. The highest BCUT2D eigenvalue weighted by atomic mass is 32.2. The third-order valence-electron chi connectivity index (χ3n) is 3.63. The summed E-state index contributed by atoms with van der Waals surface area (Å²) in [6.45, 7) is 1.57. The number of hydrogen-bond donors (Lipinski definition) is 2. The first-order valence-corrected chi connectivity index (χ1v) is 8.63. The predicted octanol–water partition coefficient (Wildman–Crippen LogP) is 1.58. The fourth-order valence-corrected chi connectivity index (χ4v) is 3.38. The molecule has 1 saturated heterocycles. The number of rotatable bonds is 5. The minimum absolute atomic E-state index is 0.108. The van der Waals surface area contributed by atoms with Crippen molar-refractivity contribution in [2.45, 2.75) is 19.0 Å². The van der Waals surface area contributed by atoms with Gasteiger partial charge in [0.05, 0.1) is 5.69 Å². The molecule has 1 aliphatic rings. The minimum atomic E-state index is 0.108. The second-order valence-corrected chi connectivity index (χ2v) is 6.47. The number of benzene rings is 1. The number of nitrogens with one attached hydrogen (secondary N) is 2. The van der Waals surface area contributed by atoms with Crippen LogP contribution < -0.4 is 10.6 Å². The van der Waals surface area contributed by atoms with Crippen molar-refractivity contribution in [2.75, 3.05) is 18.1 Å². The van der Waals surface area contributed by atoms with Crippen molar-refractivity contribution >= 4 is 17.7 Å². The third-order valence-corrected chi connectivity index (χ3v) is 4.76. The maximum Gasteiger partial charge on any atom is 0.221 e. The van der Waals surface area contributed by atoms with Crippen LogP contribution in [0.5, 0.6) is 0 Å². The fourth-order valence-electron chi connectivity index (χ4n) is 2.44. The summed E-state index contributed by atoms with van der Waals surface area (Å²) in [5, 5.41) is 10.6. The van der Waals surface area contributed by atoms with Crippen molar-refractivity contribution in [1.82, 2.24) is 20.4 Å². The first-order valence-electron chi connectivity index (χ1n) is 7.48. The molecule has 2 heterocycles. The first-order chi connectivity index (χ1) is 10.8. The Hall–Kier alpha value is -1.79. The van der Waals surface area contributed by atoms with Gasteiger partial charge in [0.1, 0.15) is 0 Å². The molecule has 6 heteroatoms. The van der Waals surface area contributed by atoms with Crippen molar-refractivity contribution in [3.8, 4) is 5.69 Å². The number of aromatic nitrogens is 2. The van der Waals surface area contributed by atoms with E-state index in [-0.39, 0.29) is 5.91 Å². The molecule has 2 N–H and O–H groups in total. The summed E-state index contributed by atoms with van der Waals surface area (Å²) >= 11 is 1.91. The average molecular weight is 316 g/mol. The summed E-state index contributed by atoms with van der Waals surface area (Å²) in [4.78, 5) is 12.0. The van der Waals surface area contributed by atoms with E-state index < -0.39 is 0 Å². The van der Waals surface area contributed by atoms with Crippen molar-refractivity contribution in [2.24, 2.45) is 0 Å². The Morgan fingerprint density at radius 2 is 2.27 bits per heavy atom. The summed E-state index contributed by atoms with van der Waals surface area (Å²) in [5.74, 6) is 2.27. The maximum absolute atomic E-state index is 12.0. The van der Waals surface area contributed by atoms with Gasteiger partial charge in [-0.25, -0.2) is 4.68 Å². The smallest absolute Gasteiger partial charge is 0.221 e. The number of hydrogen-bond acceptors (Lipinski definition) is 4. The van der Waals surface area contributed by atoms with Gasteiger partial charge in [-0.2, -0.15) is 16.9 Å². The molecule has 3 rings (SSSR count). The third kappa shape index (κ3) is 4.11. The number of thioether (sulfide) groups is 1. The molecular formula is C16H20N4OS. The standard InChI is InChI=1S/C16H20N4OS/c21-16(10-14-12-22-9-7-17-14)18-11-13-2-4-15(5-3-13)20-8-1-6-19-20/h1-6,8,14,17H,7,9-12H2,(H,18,21). The molecule has 116 valence electrons. The van der Waals surface area contributed by atoms with Crippen LogP contribution in [-0.2, 0) is 11.3 Å². The second-order valence-electron chi connectivity index (χ2n) is 5.32. The van der Waals surface area contributed by atoms with Gasteiger partial charge in [0.15, 0.2) is 0 Å². The van der Waals surface area contributed by atoms with Gasteiger partial charge in [-0.15, -0.1) is 0 Å². The quantitative estimate of drug-likeness (QED) is 0.879. The normalized spacial score (nSPS) is 18.1. The van der Waals surface area contributed by atoms with E-state index in [1.807, 2.05) is 53.0 Å². The lowest BCUT2D eigenvalue weighted by molar-refractivity contribution is -0.121. The Bertz CT molecular complexity index is 591. The van der Waals surface area contributed by atoms with Crippen LogP contribution in [0.15, 0.2) is 42.7 Å². The summed E-state index contributed by atoms with van der Waals surface area (Å²) in [6.07, 6.45) is 4.22. The van der Waals surface area contributed by atoms with E-state index in [2.05, 4.69) is 15.7 Å². The number of amides is 1. The SMILES string of the molecule is O=C(CC1CSCCN1)NCc1ccc(-n2cccn2)cc1. The zero-order valence-corrected chi connectivity index (χ0v) is 13.2. The molecule has 1 unspecified atom stereocenters. The summed E-state index contributed by atoms with van der Waals surface area (Å²) in [6, 6.07) is 10.3. The van der Waals surface area contributed by atoms with Crippen molar-refractivity contribution in [3.63, 3.8) is 0 Å². The molecule has 1 aliphatic heterocycles. The number of nitrogens with zero attached hydrogens (tertiary/aromatic N) is 2. The van der Waals surface area contributed by atoms with Gasteiger partial charge < -0.3 is 10.6 Å². The van der Waals surface area contributed by atoms with Gasteiger partial charge in [0.25, 0.3) is 0 Å². The van der Waals surface area contributed by atoms with Crippen LogP contribution in [0.4, 0.5) is 0 Å². The first kappa shape index (κ1) is 15.1. The molecule has 22 heavy (non-hydrogen) atoms. The molecule has 1 fully saturated rings. The topological polar surface area (TPSA) is 59.0 Å². The molecule has 0 saturated carbocycles. The second kappa shape index (κ2) is 7.47. The Morgan fingerprint density at radius 1 is 1.41 bits per heavy atom. The summed E-state index contributed by atoms with van der Waals surface area (Å²) in [7, 11) is 0. The summed E-state index contributed by atoms with van der Waals surface area (Å²) < 4.78 is 1.81. The van der Waals surface area contributed by atoms with E-state index in [4.69, 9.17) is 0 Å². The number of carbonyl (C=O) groups is 1. The Balaban J connectivity index is 1.47. The average Bonchev–Trinajstić information content (AvgIpc) is 3.09. The molecular weight excluding hydrogens is 296 g/mol. The molecule has 0 aliphatic carbocycles. The van der Waals surface area contributed by atoms with Gasteiger partial charge in [0, 0.05) is 49.5 Å². The van der Waals surface area contributed by atoms with E-state index in [1.165, 1.54) is 0 Å². The highest BCUT2D eigenvalue weighted by Crippen LogP contribution is 2.11. The molecule has 0 bridgehead atoms. The molecule has 1 aromatic heterocycles. The van der Waals surface area contributed by atoms with Gasteiger partial charge >= 0.3 is 0 Å². The van der Waals surface area contributed by atoms with Crippen molar-refractivity contribution < 1.29 is 4.79 Å². The van der Waals surface area contributed by atoms with Gasteiger partial charge in [-0.3, -0.25) is 4.79 Å². The monoisotopic (exact) mass is 316 g/mol. The van der Waals surface area contributed by atoms with Crippen LogP contribution >= 0.6 is 11.8 Å². The van der Waals surface area contributed by atoms with Crippen LogP contribution in [0.1, 0.15) is 12.0 Å². The predicted molar refractivity (Wildman–Crippen MR) is 89.1 cm³/mol. The fraction of sp³-hybridized carbons (Fsp3) is 0.375. The van der Waals surface area contributed by atoms with E-state index in [0.717, 1.165) is 29.3 Å². The Morgan fingerprint density at radius 3 is 2.95 bits per heavy atom. The highest BCUT2D eigenvalue weighted by molar-refractivity contribution is 7.99. The lowest BCUT2D eigenvalue weighted by Gasteiger charge is -2.22. The molecule has 1 amide bonds. The van der Waals surface area contributed by atoms with Gasteiger partial charge in [-0.05, 0) is 23.8 Å². The number of carbonyl (C=O) groups excluding carboxylic acids is 1. The zero-order valence-electron chi connectivity index (χ0n) is 12.4. The van der Waals surface area contributed by atoms with Crippen molar-refractivity contribution in [3.05, 3.63) is 48.3 Å².